The third kappa shape index (κ3) is 5.08. The summed E-state index contributed by atoms with van der Waals surface area (Å²) in [6.07, 6.45) is 1.67. The van der Waals surface area contributed by atoms with Gasteiger partial charge in [-0.25, -0.2) is 4.39 Å². The van der Waals surface area contributed by atoms with Crippen molar-refractivity contribution in [2.75, 3.05) is 12.0 Å². The molecule has 1 aliphatic rings. The molecule has 0 aromatic heterocycles. The molecule has 7 nitrogen and oxygen atoms in total. The van der Waals surface area contributed by atoms with Gasteiger partial charge in [0.05, 0.1) is 22.6 Å². The van der Waals surface area contributed by atoms with Crippen molar-refractivity contribution in [1.29, 1.82) is 0 Å². The number of methoxy groups -OCH3 is 1. The van der Waals surface area contributed by atoms with Crippen molar-refractivity contribution in [1.82, 2.24) is 0 Å². The van der Waals surface area contributed by atoms with Gasteiger partial charge in [-0.15, -0.1) is 0 Å². The summed E-state index contributed by atoms with van der Waals surface area (Å²) in [6.45, 7) is 0.115. The third-order valence-electron chi connectivity index (χ3n) is 4.86. The van der Waals surface area contributed by atoms with E-state index in [0.29, 0.717) is 37.5 Å². The van der Waals surface area contributed by atoms with E-state index in [9.17, 15) is 19.3 Å². The minimum Gasteiger partial charge on any atom is -0.493 e. The van der Waals surface area contributed by atoms with Gasteiger partial charge >= 0.3 is 0 Å². The van der Waals surface area contributed by atoms with Gasteiger partial charge in [0.25, 0.3) is 11.6 Å². The normalized spacial score (nSPS) is 14.5. The summed E-state index contributed by atoms with van der Waals surface area (Å²) >= 11 is 6.46. The lowest BCUT2D eigenvalue weighted by atomic mass is 10.1. The average molecular weight is 497 g/mol. The van der Waals surface area contributed by atoms with Crippen LogP contribution in [0.5, 0.6) is 11.5 Å². The molecule has 1 heterocycles. The Hall–Kier alpha value is -3.76. The lowest BCUT2D eigenvalue weighted by molar-refractivity contribution is -0.384. The van der Waals surface area contributed by atoms with E-state index in [2.05, 4.69) is 0 Å². The average Bonchev–Trinajstić information content (AvgIpc) is 3.10. The highest BCUT2D eigenvalue weighted by Gasteiger charge is 2.33. The fourth-order valence-electron chi connectivity index (χ4n) is 3.27. The number of non-ortho nitro benzene ring substituents is 1. The molecule has 1 fully saturated rings. The molecule has 0 saturated carbocycles. The number of benzene rings is 3. The van der Waals surface area contributed by atoms with Crippen LogP contribution in [0, 0.1) is 15.9 Å². The number of nitro groups is 1. The summed E-state index contributed by atoms with van der Waals surface area (Å²) in [6, 6.07) is 17.0. The van der Waals surface area contributed by atoms with E-state index in [1.165, 1.54) is 42.3 Å². The molecule has 0 unspecified atom stereocenters. The smallest absolute Gasteiger partial charge is 0.270 e. The molecule has 10 heteroatoms. The summed E-state index contributed by atoms with van der Waals surface area (Å²) in [5.41, 5.74) is 1.67. The van der Waals surface area contributed by atoms with Crippen molar-refractivity contribution < 1.29 is 23.6 Å². The molecule has 0 N–H and O–H groups in total. The number of ether oxygens (including phenoxy) is 2. The molecule has 1 aliphatic heterocycles. The largest absolute Gasteiger partial charge is 0.493 e. The first-order valence-corrected chi connectivity index (χ1v) is 11.2. The van der Waals surface area contributed by atoms with Crippen molar-refractivity contribution in [3.8, 4) is 11.5 Å². The fourth-order valence-corrected chi connectivity index (χ4v) is 4.57. The monoisotopic (exact) mass is 496 g/mol. The topological polar surface area (TPSA) is 81.9 Å². The maximum Gasteiger partial charge on any atom is 0.270 e. The second kappa shape index (κ2) is 10.0. The molecule has 0 spiro atoms. The van der Waals surface area contributed by atoms with Gasteiger partial charge in [-0.1, -0.05) is 48.2 Å². The van der Waals surface area contributed by atoms with E-state index in [1.54, 1.807) is 42.5 Å². The number of carbonyl (C=O) groups excluding carboxylic acids is 1. The molecule has 34 heavy (non-hydrogen) atoms. The van der Waals surface area contributed by atoms with Crippen LogP contribution in [0.4, 0.5) is 15.8 Å². The zero-order valence-electron chi connectivity index (χ0n) is 17.8. The molecule has 1 saturated heterocycles. The highest BCUT2D eigenvalue weighted by atomic mass is 32.2. The fraction of sp³-hybridized carbons (Fsp3) is 0.0833. The van der Waals surface area contributed by atoms with Crippen LogP contribution in [-0.4, -0.2) is 22.3 Å². The lowest BCUT2D eigenvalue weighted by Gasteiger charge is -2.14. The first-order chi connectivity index (χ1) is 16.4. The Morgan fingerprint density at radius 3 is 2.65 bits per heavy atom. The predicted octanol–water partition coefficient (Wildman–Crippen LogP) is 5.73. The maximum atomic E-state index is 13.6. The van der Waals surface area contributed by atoms with Crippen molar-refractivity contribution in [2.45, 2.75) is 6.61 Å². The number of nitro benzene ring substituents is 1. The van der Waals surface area contributed by atoms with Crippen LogP contribution in [0.15, 0.2) is 71.6 Å². The number of amides is 1. The van der Waals surface area contributed by atoms with E-state index >= 15 is 0 Å². The van der Waals surface area contributed by atoms with Crippen LogP contribution in [-0.2, 0) is 11.4 Å². The Morgan fingerprint density at radius 2 is 1.91 bits per heavy atom. The minimum absolute atomic E-state index is 0.0148. The van der Waals surface area contributed by atoms with Gasteiger partial charge in [-0.3, -0.25) is 19.8 Å². The Balaban J connectivity index is 1.52. The molecular weight excluding hydrogens is 479 g/mol. The first kappa shape index (κ1) is 23.4. The molecule has 4 rings (SSSR count). The molecule has 0 atom stereocenters. The van der Waals surface area contributed by atoms with Gasteiger partial charge < -0.3 is 9.47 Å². The van der Waals surface area contributed by atoms with Crippen molar-refractivity contribution >= 4 is 51.7 Å². The summed E-state index contributed by atoms with van der Waals surface area (Å²) in [5, 5.41) is 11.0. The molecule has 3 aromatic carbocycles. The first-order valence-electron chi connectivity index (χ1n) is 9.93. The predicted molar refractivity (Wildman–Crippen MR) is 132 cm³/mol. The van der Waals surface area contributed by atoms with E-state index in [4.69, 9.17) is 21.7 Å². The van der Waals surface area contributed by atoms with E-state index < -0.39 is 10.7 Å². The molecule has 1 amide bonds. The second-order valence-electron chi connectivity index (χ2n) is 7.12. The SMILES string of the molecule is COc1cc(/C=C2/SC(=S)N(c3cccc(F)c3)C2=O)ccc1OCc1cccc([N+](=O)[O-])c1. The molecule has 0 radical (unpaired) electrons. The molecule has 3 aromatic rings. The highest BCUT2D eigenvalue weighted by Crippen LogP contribution is 2.37. The van der Waals surface area contributed by atoms with Crippen LogP contribution < -0.4 is 14.4 Å². The van der Waals surface area contributed by atoms with Gasteiger partial charge in [0.15, 0.2) is 15.8 Å². The Labute approximate surface area is 203 Å². The molecule has 0 bridgehead atoms. The van der Waals surface area contributed by atoms with Gasteiger partial charge in [0.2, 0.25) is 0 Å². The van der Waals surface area contributed by atoms with Gasteiger partial charge in [0, 0.05) is 12.1 Å². The van der Waals surface area contributed by atoms with Crippen LogP contribution in [0.3, 0.4) is 0 Å². The van der Waals surface area contributed by atoms with Crippen molar-refractivity contribution in [3.63, 3.8) is 0 Å². The minimum atomic E-state index is -0.463. The second-order valence-corrected chi connectivity index (χ2v) is 8.80. The zero-order chi connectivity index (χ0) is 24.2. The Morgan fingerprint density at radius 1 is 1.12 bits per heavy atom. The lowest BCUT2D eigenvalue weighted by Crippen LogP contribution is -2.27. The van der Waals surface area contributed by atoms with Crippen LogP contribution in [0.1, 0.15) is 11.1 Å². The number of nitrogens with zero attached hydrogens (tertiary/aromatic N) is 2. The van der Waals surface area contributed by atoms with Gasteiger partial charge in [-0.05, 0) is 47.5 Å². The van der Waals surface area contributed by atoms with Crippen molar-refractivity contribution in [2.24, 2.45) is 0 Å². The van der Waals surface area contributed by atoms with E-state index in [-0.39, 0.29) is 18.2 Å². The molecular formula is C24H17FN2O5S2. The number of hydrogen-bond acceptors (Lipinski definition) is 7. The van der Waals surface area contributed by atoms with Gasteiger partial charge in [0.1, 0.15) is 12.4 Å². The highest BCUT2D eigenvalue weighted by molar-refractivity contribution is 8.27. The van der Waals surface area contributed by atoms with Gasteiger partial charge in [-0.2, -0.15) is 0 Å². The number of anilines is 1. The number of hydrogen-bond donors (Lipinski definition) is 0. The third-order valence-corrected chi connectivity index (χ3v) is 6.16. The number of halogens is 1. The summed E-state index contributed by atoms with van der Waals surface area (Å²) in [5.74, 6) is 0.0739. The summed E-state index contributed by atoms with van der Waals surface area (Å²) < 4.78 is 25.1. The van der Waals surface area contributed by atoms with E-state index in [0.717, 1.165) is 11.8 Å². The standard InChI is InChI=1S/C24H17FN2O5S2/c1-31-21-11-15(8-9-20(21)32-14-16-4-2-7-19(10-16)27(29)30)12-22-23(28)26(24(33)34-22)18-6-3-5-17(25)13-18/h2-13H,14H2,1H3/b22-12+. The number of rotatable bonds is 7. The summed E-state index contributed by atoms with van der Waals surface area (Å²) in [4.78, 5) is 25.1. The Kier molecular flexibility index (Phi) is 6.90. The quantitative estimate of drug-likeness (QED) is 0.179. The van der Waals surface area contributed by atoms with Crippen LogP contribution in [0.25, 0.3) is 6.08 Å². The molecule has 172 valence electrons. The van der Waals surface area contributed by atoms with E-state index in [1.807, 2.05) is 0 Å². The number of thiocarbonyl (C=S) groups is 1. The number of thioether (sulfide) groups is 1. The maximum absolute atomic E-state index is 13.6. The van der Waals surface area contributed by atoms with Crippen LogP contribution >= 0.6 is 24.0 Å². The zero-order valence-corrected chi connectivity index (χ0v) is 19.4. The summed E-state index contributed by atoms with van der Waals surface area (Å²) in [7, 11) is 1.49. The van der Waals surface area contributed by atoms with Crippen LogP contribution in [0.2, 0.25) is 0 Å². The van der Waals surface area contributed by atoms with Crippen molar-refractivity contribution in [3.05, 3.63) is 98.7 Å². The molecule has 0 aliphatic carbocycles. The Bertz CT molecular complexity index is 1330. The number of carbonyl (C=O) groups is 1.